The lowest BCUT2D eigenvalue weighted by molar-refractivity contribution is 0.920. The normalized spacial score (nSPS) is 13.3. The van der Waals surface area contributed by atoms with Crippen molar-refractivity contribution in [1.29, 1.82) is 0 Å². The zero-order valence-electron chi connectivity index (χ0n) is 32.3. The second-order valence-corrected chi connectivity index (χ2v) is 23.2. The predicted molar refractivity (Wildman–Crippen MR) is 222 cm³/mol. The van der Waals surface area contributed by atoms with Gasteiger partial charge in [-0.3, -0.25) is 4.99 Å². The Balaban J connectivity index is 2.32. The molecule has 0 fully saturated rings. The van der Waals surface area contributed by atoms with Crippen LogP contribution < -0.4 is 0 Å². The van der Waals surface area contributed by atoms with Gasteiger partial charge in [0, 0.05) is 5.75 Å². The van der Waals surface area contributed by atoms with Crippen LogP contribution >= 0.6 is 10.0 Å². The molecule has 0 atom stereocenters. The van der Waals surface area contributed by atoms with E-state index in [0.29, 0.717) is 0 Å². The molecule has 3 aromatic rings. The first-order valence-corrected chi connectivity index (χ1v) is 24.2. The van der Waals surface area contributed by atoms with E-state index in [4.69, 9.17) is 15.0 Å². The highest BCUT2D eigenvalue weighted by molar-refractivity contribution is 8.34. The van der Waals surface area contributed by atoms with Gasteiger partial charge in [-0.15, -0.1) is 0 Å². The molecule has 1 heterocycles. The van der Waals surface area contributed by atoms with Crippen LogP contribution in [0.5, 0.6) is 0 Å². The van der Waals surface area contributed by atoms with Crippen molar-refractivity contribution < 1.29 is 0 Å². The van der Waals surface area contributed by atoms with Crippen LogP contribution in [-0.2, 0) is 0 Å². The number of nitrogens with zero attached hydrogens (tertiary/aromatic N) is 3. The Morgan fingerprint density at radius 1 is 0.542 bits per heavy atom. The van der Waals surface area contributed by atoms with E-state index in [1.54, 1.807) is 0 Å². The molecule has 3 rings (SSSR count). The Bertz CT molecular complexity index is 1320. The third-order valence-electron chi connectivity index (χ3n) is 9.95. The SMILES string of the molecule is CCC[Si](CCC)(CCC)CC(=Nc1c(C)cccc1C)c1cccc(C(CS(CCC)(CCC)CCC)=Nc2c(C)cccc2C)n1. The molecule has 3 nitrogen and oxygen atoms in total. The number of hydrogen-bond donors (Lipinski definition) is 0. The molecular formula is C43H67N3SSi. The van der Waals surface area contributed by atoms with Gasteiger partial charge in [-0.05, 0) is 105 Å². The van der Waals surface area contributed by atoms with Gasteiger partial charge in [-0.1, -0.05) is 121 Å². The van der Waals surface area contributed by atoms with E-state index in [0.717, 1.165) is 34.6 Å². The largest absolute Gasteiger partial charge is 0.251 e. The van der Waals surface area contributed by atoms with E-state index in [-0.39, 0.29) is 0 Å². The Kier molecular flexibility index (Phi) is 16.3. The van der Waals surface area contributed by atoms with E-state index in [9.17, 15) is 0 Å². The maximum atomic E-state index is 5.59. The molecule has 0 spiro atoms. The van der Waals surface area contributed by atoms with Crippen LogP contribution in [0.3, 0.4) is 0 Å². The fourth-order valence-corrected chi connectivity index (χ4v) is 17.9. The summed E-state index contributed by atoms with van der Waals surface area (Å²) in [6, 6.07) is 25.0. The third-order valence-corrected chi connectivity index (χ3v) is 20.4. The Morgan fingerprint density at radius 2 is 0.917 bits per heavy atom. The molecule has 2 aromatic carbocycles. The molecule has 0 aliphatic rings. The van der Waals surface area contributed by atoms with Crippen molar-refractivity contribution in [2.45, 2.75) is 132 Å². The highest BCUT2D eigenvalue weighted by Crippen LogP contribution is 2.50. The molecule has 0 amide bonds. The minimum atomic E-state index is -1.62. The van der Waals surface area contributed by atoms with Gasteiger partial charge in [0.2, 0.25) is 0 Å². The molecule has 1 aromatic heterocycles. The first kappa shape index (κ1) is 39.9. The average molecular weight is 686 g/mol. The van der Waals surface area contributed by atoms with Gasteiger partial charge in [0.1, 0.15) is 0 Å². The number of aromatic nitrogens is 1. The van der Waals surface area contributed by atoms with E-state index in [2.05, 4.69) is 124 Å². The van der Waals surface area contributed by atoms with Gasteiger partial charge in [0.25, 0.3) is 0 Å². The highest BCUT2D eigenvalue weighted by atomic mass is 32.3. The van der Waals surface area contributed by atoms with Crippen molar-refractivity contribution in [3.8, 4) is 0 Å². The summed E-state index contributed by atoms with van der Waals surface area (Å²) in [4.78, 5) is 16.8. The molecule has 48 heavy (non-hydrogen) atoms. The first-order chi connectivity index (χ1) is 23.1. The second-order valence-electron chi connectivity index (χ2n) is 14.4. The number of rotatable bonds is 20. The maximum Gasteiger partial charge on any atom is 0.0860 e. The minimum absolute atomic E-state index is 0.878. The van der Waals surface area contributed by atoms with Crippen molar-refractivity contribution in [2.75, 3.05) is 23.0 Å². The molecule has 0 N–H and O–H groups in total. The molecule has 0 unspecified atom stereocenters. The Hall–Kier alpha value is -2.50. The summed E-state index contributed by atoms with van der Waals surface area (Å²) in [7, 11) is -2.50. The van der Waals surface area contributed by atoms with Crippen molar-refractivity contribution in [2.24, 2.45) is 9.98 Å². The number of aliphatic imine (C=N–C) groups is 2. The van der Waals surface area contributed by atoms with Crippen LogP contribution in [0.2, 0.25) is 24.2 Å². The van der Waals surface area contributed by atoms with E-state index < -0.39 is 18.1 Å². The topological polar surface area (TPSA) is 37.6 Å². The molecule has 0 saturated heterocycles. The van der Waals surface area contributed by atoms with Crippen molar-refractivity contribution >= 4 is 40.9 Å². The van der Waals surface area contributed by atoms with Crippen LogP contribution in [0.4, 0.5) is 11.4 Å². The van der Waals surface area contributed by atoms with Gasteiger partial charge in [0.15, 0.2) is 0 Å². The lowest BCUT2D eigenvalue weighted by atomic mass is 10.1. The van der Waals surface area contributed by atoms with Crippen molar-refractivity contribution in [3.63, 3.8) is 0 Å². The third kappa shape index (κ3) is 10.7. The van der Waals surface area contributed by atoms with Crippen molar-refractivity contribution in [1.82, 2.24) is 4.98 Å². The minimum Gasteiger partial charge on any atom is -0.251 e. The van der Waals surface area contributed by atoms with Gasteiger partial charge >= 0.3 is 0 Å². The number of hydrogen-bond acceptors (Lipinski definition) is 3. The molecule has 0 aliphatic heterocycles. The van der Waals surface area contributed by atoms with Crippen LogP contribution in [0, 0.1) is 27.7 Å². The highest BCUT2D eigenvalue weighted by Gasteiger charge is 2.33. The quantitative estimate of drug-likeness (QED) is 0.0861. The summed E-state index contributed by atoms with van der Waals surface area (Å²) in [6.07, 6.45) is 7.43. The molecule has 5 heteroatoms. The number of aryl methyl sites for hydroxylation is 4. The zero-order chi connectivity index (χ0) is 35.2. The molecule has 0 radical (unpaired) electrons. The van der Waals surface area contributed by atoms with Gasteiger partial charge < -0.3 is 0 Å². The summed E-state index contributed by atoms with van der Waals surface area (Å²) in [6.45, 7) is 23.0. The number of benzene rings is 2. The summed E-state index contributed by atoms with van der Waals surface area (Å²) in [5, 5.41) is 0. The van der Waals surface area contributed by atoms with Gasteiger partial charge in [-0.2, -0.15) is 0 Å². The standard InChI is InChI=1S/C43H67N3SSi/c1-11-26-47(27-12-2,28-13-3)32-40(45-42-34(7)20-17-21-35(42)8)38-24-19-25-39(44-38)41(46-43-36(9)22-18-23-37(43)10)33-48(29-14-4,30-15-5)31-16-6/h17-25H,11-16,26-33H2,1-10H3. The summed E-state index contributed by atoms with van der Waals surface area (Å²) in [5.74, 6) is 4.95. The van der Waals surface area contributed by atoms with Crippen LogP contribution in [-0.4, -0.2) is 47.5 Å². The fourth-order valence-electron chi connectivity index (χ4n) is 8.04. The van der Waals surface area contributed by atoms with E-state index >= 15 is 0 Å². The first-order valence-electron chi connectivity index (χ1n) is 19.1. The summed E-state index contributed by atoms with van der Waals surface area (Å²) < 4.78 is 0. The Labute approximate surface area is 297 Å². The molecule has 0 saturated carbocycles. The van der Waals surface area contributed by atoms with Crippen molar-refractivity contribution in [3.05, 3.63) is 88.2 Å². The predicted octanol–water partition coefficient (Wildman–Crippen LogP) is 13.3. The molecule has 264 valence electrons. The smallest absolute Gasteiger partial charge is 0.0860 e. The monoisotopic (exact) mass is 685 g/mol. The van der Waals surface area contributed by atoms with Gasteiger partial charge in [0.05, 0.1) is 42.3 Å². The second kappa shape index (κ2) is 19.6. The van der Waals surface area contributed by atoms with E-state index in [1.165, 1.54) is 108 Å². The molecule has 0 aliphatic carbocycles. The number of pyridine rings is 1. The van der Waals surface area contributed by atoms with Crippen LogP contribution in [0.25, 0.3) is 0 Å². The number of para-hydroxylation sites is 2. The summed E-state index contributed by atoms with van der Waals surface area (Å²) in [5.41, 5.74) is 11.6. The van der Waals surface area contributed by atoms with Gasteiger partial charge in [-0.25, -0.2) is 20.0 Å². The fraction of sp³-hybridized carbons (Fsp3) is 0.558. The maximum absolute atomic E-state index is 5.59. The average Bonchev–Trinajstić information content (AvgIpc) is 3.04. The Morgan fingerprint density at radius 3 is 1.31 bits per heavy atom. The lowest BCUT2D eigenvalue weighted by Crippen LogP contribution is -2.36. The summed E-state index contributed by atoms with van der Waals surface area (Å²) >= 11 is 0. The van der Waals surface area contributed by atoms with Crippen LogP contribution in [0.15, 0.2) is 64.6 Å². The molecule has 0 bridgehead atoms. The van der Waals surface area contributed by atoms with E-state index in [1.807, 2.05) is 0 Å². The lowest BCUT2D eigenvalue weighted by Gasteiger charge is -2.40. The molecular weight excluding hydrogens is 619 g/mol. The zero-order valence-corrected chi connectivity index (χ0v) is 34.2. The van der Waals surface area contributed by atoms with Crippen LogP contribution in [0.1, 0.15) is 114 Å².